The van der Waals surface area contributed by atoms with Crippen LogP contribution in [0.25, 0.3) is 21.9 Å². The predicted octanol–water partition coefficient (Wildman–Crippen LogP) is 5.29. The van der Waals surface area contributed by atoms with Gasteiger partial charge in [0.1, 0.15) is 6.04 Å². The Morgan fingerprint density at radius 2 is 1.70 bits per heavy atom. The Bertz CT molecular complexity index is 2510. The van der Waals surface area contributed by atoms with Crippen LogP contribution in [0.2, 0.25) is 0 Å². The third-order valence-corrected chi connectivity index (χ3v) is 12.5. The van der Waals surface area contributed by atoms with Gasteiger partial charge in [-0.1, -0.05) is 6.07 Å². The average molecular weight is 831 g/mol. The van der Waals surface area contributed by atoms with E-state index in [1.54, 1.807) is 37.6 Å². The van der Waals surface area contributed by atoms with E-state index in [1.807, 2.05) is 29.1 Å². The first-order chi connectivity index (χ1) is 28.5. The minimum Gasteiger partial charge on any atom is -0.386 e. The lowest BCUT2D eigenvalue weighted by molar-refractivity contribution is -0.145. The van der Waals surface area contributed by atoms with E-state index in [0.717, 1.165) is 87.1 Å². The zero-order valence-corrected chi connectivity index (χ0v) is 34.0. The van der Waals surface area contributed by atoms with E-state index < -0.39 is 35.5 Å². The summed E-state index contributed by atoms with van der Waals surface area (Å²) in [5.74, 6) is -2.28. The Morgan fingerprint density at radius 1 is 1.00 bits per heavy atom. The number of piperidine rings is 2. The number of alkyl halides is 3. The number of aryl methyl sites for hydroxylation is 1. The van der Waals surface area contributed by atoms with Crippen molar-refractivity contribution in [3.63, 3.8) is 0 Å². The molecule has 2 aromatic carbocycles. The van der Waals surface area contributed by atoms with Crippen molar-refractivity contribution in [1.82, 2.24) is 39.1 Å². The Kier molecular flexibility index (Phi) is 10.8. The number of imidazole rings is 1. The van der Waals surface area contributed by atoms with Gasteiger partial charge in [-0.05, 0) is 96.0 Å². The molecule has 15 nitrogen and oxygen atoms in total. The van der Waals surface area contributed by atoms with Crippen LogP contribution in [0.4, 0.5) is 24.5 Å². The maximum Gasteiger partial charge on any atom is 0.451 e. The molecule has 1 saturated carbocycles. The van der Waals surface area contributed by atoms with E-state index in [2.05, 4.69) is 37.4 Å². The van der Waals surface area contributed by atoms with Gasteiger partial charge in [0, 0.05) is 74.4 Å². The summed E-state index contributed by atoms with van der Waals surface area (Å²) in [6.07, 6.45) is 5.25. The Morgan fingerprint density at radius 3 is 2.35 bits per heavy atom. The number of fused-ring (bicyclic) bond motifs is 2. The van der Waals surface area contributed by atoms with E-state index in [0.29, 0.717) is 40.7 Å². The van der Waals surface area contributed by atoms with E-state index in [4.69, 9.17) is 5.10 Å². The van der Waals surface area contributed by atoms with Crippen molar-refractivity contribution < 1.29 is 32.7 Å². The number of halogens is 3. The Balaban J connectivity index is 0.879. The van der Waals surface area contributed by atoms with Crippen molar-refractivity contribution in [2.45, 2.75) is 95.1 Å². The van der Waals surface area contributed by atoms with Gasteiger partial charge >= 0.3 is 11.9 Å². The average Bonchev–Trinajstić information content (AvgIpc) is 3.74. The molecule has 3 aromatic heterocycles. The summed E-state index contributed by atoms with van der Waals surface area (Å²) < 4.78 is 44.0. The van der Waals surface area contributed by atoms with Crippen LogP contribution in [-0.4, -0.2) is 89.3 Å². The number of anilines is 2. The van der Waals surface area contributed by atoms with Crippen LogP contribution < -0.4 is 21.2 Å². The molecule has 8 rings (SSSR count). The number of benzene rings is 2. The monoisotopic (exact) mass is 830 g/mol. The Hall–Kier alpha value is -5.62. The molecule has 0 spiro atoms. The summed E-state index contributed by atoms with van der Waals surface area (Å²) in [6.45, 7) is 5.81. The number of hydrogen-bond donors (Lipinski definition) is 3. The SMILES string of the molecule is CN(CC1CCC(n2cc3cc(NC(=O)c4cnc(C(F)(F)F)nc4)c(C(C)(C)O)cc3n2)CC1)C1CCN(c2cccc3c2n(C)c(=O)n3C2CCC(=O)NC2=O)CC1. The largest absolute Gasteiger partial charge is 0.451 e. The predicted molar refractivity (Wildman–Crippen MR) is 217 cm³/mol. The van der Waals surface area contributed by atoms with Gasteiger partial charge in [0.2, 0.25) is 17.6 Å². The van der Waals surface area contributed by atoms with Crippen LogP contribution in [0.3, 0.4) is 0 Å². The van der Waals surface area contributed by atoms with Crippen molar-refractivity contribution in [3.8, 4) is 0 Å². The fourth-order valence-electron chi connectivity index (χ4n) is 9.27. The molecule has 2 saturated heterocycles. The van der Waals surface area contributed by atoms with E-state index in [9.17, 15) is 37.5 Å². The number of nitrogens with one attached hydrogen (secondary N) is 2. The van der Waals surface area contributed by atoms with Crippen molar-refractivity contribution in [3.05, 3.63) is 76.4 Å². The van der Waals surface area contributed by atoms with Gasteiger partial charge in [-0.15, -0.1) is 0 Å². The van der Waals surface area contributed by atoms with Gasteiger partial charge in [-0.3, -0.25) is 33.5 Å². The number of hydrogen-bond acceptors (Lipinski definition) is 10. The molecule has 5 aromatic rings. The summed E-state index contributed by atoms with van der Waals surface area (Å²) in [5.41, 5.74) is 2.03. The molecule has 3 aliphatic rings. The van der Waals surface area contributed by atoms with Crippen LogP contribution in [0.5, 0.6) is 0 Å². The van der Waals surface area contributed by atoms with Crippen molar-refractivity contribution >= 4 is 51.0 Å². The molecule has 0 bridgehead atoms. The molecule has 0 radical (unpaired) electrons. The second kappa shape index (κ2) is 15.8. The van der Waals surface area contributed by atoms with Crippen molar-refractivity contribution in [2.24, 2.45) is 13.0 Å². The first-order valence-corrected chi connectivity index (χ1v) is 20.4. The number of nitrogens with zero attached hydrogens (tertiary/aromatic N) is 8. The molecular weight excluding hydrogens is 782 g/mol. The fraction of sp³-hybridized carbons (Fsp3) is 0.500. The molecular formula is C42H49F3N10O5. The highest BCUT2D eigenvalue weighted by Gasteiger charge is 2.36. The number of carbonyl (C=O) groups excluding carboxylic acids is 3. The van der Waals surface area contributed by atoms with E-state index in [-0.39, 0.29) is 29.6 Å². The third kappa shape index (κ3) is 8.01. The molecule has 318 valence electrons. The highest BCUT2D eigenvalue weighted by atomic mass is 19.4. The van der Waals surface area contributed by atoms with Gasteiger partial charge in [0.25, 0.3) is 5.91 Å². The number of aromatic nitrogens is 6. The highest BCUT2D eigenvalue weighted by molar-refractivity contribution is 6.05. The quantitative estimate of drug-likeness (QED) is 0.166. The van der Waals surface area contributed by atoms with Crippen molar-refractivity contribution in [1.29, 1.82) is 0 Å². The number of carbonyl (C=O) groups is 3. The second-order valence-corrected chi connectivity index (χ2v) is 17.0. The molecule has 1 aliphatic carbocycles. The summed E-state index contributed by atoms with van der Waals surface area (Å²) in [5, 5.41) is 21.7. The molecule has 1 unspecified atom stereocenters. The fourth-order valence-corrected chi connectivity index (χ4v) is 9.27. The number of aliphatic hydroxyl groups is 1. The summed E-state index contributed by atoms with van der Waals surface area (Å²) in [7, 11) is 3.94. The molecule has 3 fully saturated rings. The normalized spacial score (nSPS) is 20.9. The molecule has 60 heavy (non-hydrogen) atoms. The maximum atomic E-state index is 13.5. The van der Waals surface area contributed by atoms with Crippen molar-refractivity contribution in [2.75, 3.05) is 36.9 Å². The lowest BCUT2D eigenvalue weighted by atomic mass is 9.85. The van der Waals surface area contributed by atoms with Crippen LogP contribution >= 0.6 is 0 Å². The topological polar surface area (TPSA) is 173 Å². The second-order valence-electron chi connectivity index (χ2n) is 17.0. The Labute approximate surface area is 343 Å². The number of rotatable bonds is 9. The van der Waals surface area contributed by atoms with Gasteiger partial charge < -0.3 is 20.2 Å². The highest BCUT2D eigenvalue weighted by Crippen LogP contribution is 2.37. The molecule has 1 atom stereocenters. The van der Waals surface area contributed by atoms with Crippen LogP contribution in [-0.2, 0) is 28.4 Å². The van der Waals surface area contributed by atoms with Crippen LogP contribution in [0.15, 0.2) is 53.7 Å². The molecule has 2 aliphatic heterocycles. The van der Waals surface area contributed by atoms with Gasteiger partial charge in [0.05, 0.1) is 39.4 Å². The van der Waals surface area contributed by atoms with Crippen LogP contribution in [0.1, 0.15) is 99.0 Å². The summed E-state index contributed by atoms with van der Waals surface area (Å²) >= 11 is 0. The van der Waals surface area contributed by atoms with Gasteiger partial charge in [-0.25, -0.2) is 14.8 Å². The first kappa shape index (κ1) is 41.1. The smallest absolute Gasteiger partial charge is 0.386 e. The number of amides is 3. The first-order valence-electron chi connectivity index (χ1n) is 20.4. The van der Waals surface area contributed by atoms with Gasteiger partial charge in [0.15, 0.2) is 0 Å². The molecule has 18 heteroatoms. The molecule has 3 N–H and O–H groups in total. The minimum atomic E-state index is -4.73. The maximum absolute atomic E-state index is 13.5. The minimum absolute atomic E-state index is 0.156. The lowest BCUT2D eigenvalue weighted by Crippen LogP contribution is -2.45. The number of imide groups is 1. The zero-order chi connectivity index (χ0) is 42.7. The molecule has 3 amide bonds. The lowest BCUT2D eigenvalue weighted by Gasteiger charge is -2.40. The van der Waals surface area contributed by atoms with Gasteiger partial charge in [-0.2, -0.15) is 18.3 Å². The third-order valence-electron chi connectivity index (χ3n) is 12.5. The van der Waals surface area contributed by atoms with E-state index >= 15 is 0 Å². The standard InChI is InChI=1S/C42H49F3N10O5/c1-41(2,60)29-19-30-25(18-31(29)48-37(57)26-20-46-39(47-21-26)42(43,44)45)23-54(50-30)28-10-8-24(9-11-28)22-51(3)27-14-16-53(17-15-27)32-6-5-7-33-36(32)52(4)40(59)55(33)34-12-13-35(56)49-38(34)58/h5-7,18-21,23-24,27-28,34,60H,8-17,22H2,1-4H3,(H,48,57)(H,49,56,58). The van der Waals surface area contributed by atoms with E-state index in [1.165, 1.54) is 4.57 Å². The number of para-hydroxylation sites is 1. The zero-order valence-electron chi connectivity index (χ0n) is 34.0. The molecule has 5 heterocycles. The van der Waals surface area contributed by atoms with Crippen LogP contribution in [0, 0.1) is 5.92 Å². The summed E-state index contributed by atoms with van der Waals surface area (Å²) in [4.78, 5) is 62.4. The summed E-state index contributed by atoms with van der Waals surface area (Å²) in [6, 6.07) is 9.15.